The van der Waals surface area contributed by atoms with E-state index in [0.717, 1.165) is 0 Å². The number of nitro benzene ring substituents is 1. The molecule has 3 N–H and O–H groups in total. The number of halogens is 1. The van der Waals surface area contributed by atoms with Gasteiger partial charge in [0.2, 0.25) is 5.91 Å². The number of carbonyl (C=O) groups is 1. The van der Waals surface area contributed by atoms with E-state index in [1.165, 1.54) is 12.1 Å². The van der Waals surface area contributed by atoms with E-state index >= 15 is 0 Å². The summed E-state index contributed by atoms with van der Waals surface area (Å²) in [7, 11) is 0. The van der Waals surface area contributed by atoms with E-state index in [1.54, 1.807) is 6.07 Å². The van der Waals surface area contributed by atoms with Crippen molar-refractivity contribution in [2.45, 2.75) is 19.9 Å². The second-order valence-electron chi connectivity index (χ2n) is 4.19. The highest BCUT2D eigenvalue weighted by Gasteiger charge is 2.20. The van der Waals surface area contributed by atoms with E-state index < -0.39 is 16.9 Å². The van der Waals surface area contributed by atoms with Crippen LogP contribution in [0.4, 0.5) is 11.4 Å². The molecule has 1 atom stereocenters. The molecule has 1 aromatic carbocycles. The molecular weight excluding hydrogens is 302 g/mol. The number of non-ortho nitro benzene ring substituents is 1. The van der Waals surface area contributed by atoms with Crippen LogP contribution in [0.25, 0.3) is 0 Å². The van der Waals surface area contributed by atoms with Crippen molar-refractivity contribution in [3.63, 3.8) is 0 Å². The van der Waals surface area contributed by atoms with Crippen molar-refractivity contribution >= 4 is 33.2 Å². The maximum atomic E-state index is 11.3. The lowest BCUT2D eigenvalue weighted by molar-refractivity contribution is -0.384. The zero-order valence-corrected chi connectivity index (χ0v) is 11.6. The number of nitro groups is 1. The molecule has 1 aromatic rings. The first-order chi connectivity index (χ1) is 8.32. The minimum absolute atomic E-state index is 0.0181. The smallest absolute Gasteiger partial charge is 0.270 e. The minimum atomic E-state index is -0.525. The van der Waals surface area contributed by atoms with Crippen molar-refractivity contribution in [1.29, 1.82) is 0 Å². The fraction of sp³-hybridized carbons (Fsp3) is 0.364. The third-order valence-corrected chi connectivity index (χ3v) is 3.10. The molecule has 0 radical (unpaired) electrons. The number of nitrogens with zero attached hydrogens (tertiary/aromatic N) is 1. The lowest BCUT2D eigenvalue weighted by atomic mass is 10.0. The summed E-state index contributed by atoms with van der Waals surface area (Å²) in [6.45, 7) is 3.73. The van der Waals surface area contributed by atoms with Gasteiger partial charge in [0.1, 0.15) is 6.04 Å². The first kappa shape index (κ1) is 14.4. The van der Waals surface area contributed by atoms with Crippen LogP contribution in [0.2, 0.25) is 0 Å². The molecule has 6 nitrogen and oxygen atoms in total. The summed E-state index contributed by atoms with van der Waals surface area (Å²) in [4.78, 5) is 21.4. The largest absolute Gasteiger partial charge is 0.373 e. The molecule has 0 heterocycles. The van der Waals surface area contributed by atoms with E-state index in [2.05, 4.69) is 21.2 Å². The number of nitrogens with two attached hydrogens (primary N) is 1. The number of rotatable bonds is 5. The summed E-state index contributed by atoms with van der Waals surface area (Å²) in [5.74, 6) is -0.445. The molecule has 0 bridgehead atoms. The van der Waals surface area contributed by atoms with Gasteiger partial charge in [0.15, 0.2) is 0 Å². The molecule has 0 saturated heterocycles. The molecule has 0 fully saturated rings. The number of amides is 1. The van der Waals surface area contributed by atoms with Gasteiger partial charge in [0, 0.05) is 22.3 Å². The third kappa shape index (κ3) is 3.43. The molecule has 98 valence electrons. The van der Waals surface area contributed by atoms with Crippen LogP contribution in [0.15, 0.2) is 22.7 Å². The van der Waals surface area contributed by atoms with Gasteiger partial charge in [0.25, 0.3) is 5.69 Å². The summed E-state index contributed by atoms with van der Waals surface area (Å²) in [5.41, 5.74) is 5.86. The Hall–Kier alpha value is -1.63. The average Bonchev–Trinajstić information content (AvgIpc) is 2.25. The second-order valence-corrected chi connectivity index (χ2v) is 5.04. The Morgan fingerprint density at radius 3 is 2.50 bits per heavy atom. The monoisotopic (exact) mass is 315 g/mol. The van der Waals surface area contributed by atoms with E-state index in [1.807, 2.05) is 13.8 Å². The average molecular weight is 316 g/mol. The van der Waals surface area contributed by atoms with Crippen LogP contribution in [-0.4, -0.2) is 16.9 Å². The van der Waals surface area contributed by atoms with Gasteiger partial charge in [-0.15, -0.1) is 0 Å². The van der Waals surface area contributed by atoms with Crippen LogP contribution in [0, 0.1) is 16.0 Å². The van der Waals surface area contributed by atoms with E-state index in [9.17, 15) is 14.9 Å². The molecule has 0 aromatic heterocycles. The molecule has 7 heteroatoms. The van der Waals surface area contributed by atoms with Gasteiger partial charge in [0.05, 0.1) is 4.92 Å². The van der Waals surface area contributed by atoms with Gasteiger partial charge in [-0.3, -0.25) is 14.9 Å². The Morgan fingerprint density at radius 1 is 1.50 bits per heavy atom. The maximum absolute atomic E-state index is 11.3. The predicted octanol–water partition coefficient (Wildman–Crippen LogP) is 2.28. The van der Waals surface area contributed by atoms with Crippen molar-refractivity contribution < 1.29 is 9.72 Å². The van der Waals surface area contributed by atoms with Crippen molar-refractivity contribution in [2.75, 3.05) is 5.32 Å². The lowest BCUT2D eigenvalue weighted by Gasteiger charge is -2.20. The molecular formula is C11H14BrN3O3. The van der Waals surface area contributed by atoms with Gasteiger partial charge < -0.3 is 11.1 Å². The minimum Gasteiger partial charge on any atom is -0.373 e. The first-order valence-electron chi connectivity index (χ1n) is 5.32. The molecule has 0 aliphatic heterocycles. The molecule has 18 heavy (non-hydrogen) atoms. The molecule has 1 amide bonds. The Balaban J connectivity index is 2.97. The highest BCUT2D eigenvalue weighted by molar-refractivity contribution is 9.10. The molecule has 0 saturated carbocycles. The summed E-state index contributed by atoms with van der Waals surface area (Å²) < 4.78 is 0.517. The topological polar surface area (TPSA) is 98.3 Å². The van der Waals surface area contributed by atoms with Crippen LogP contribution in [-0.2, 0) is 4.79 Å². The highest BCUT2D eigenvalue weighted by Crippen LogP contribution is 2.28. The summed E-state index contributed by atoms with van der Waals surface area (Å²) >= 11 is 3.22. The third-order valence-electron chi connectivity index (χ3n) is 2.45. The predicted molar refractivity (Wildman–Crippen MR) is 72.2 cm³/mol. The van der Waals surface area contributed by atoms with Crippen molar-refractivity contribution in [2.24, 2.45) is 11.7 Å². The van der Waals surface area contributed by atoms with Crippen molar-refractivity contribution in [3.05, 3.63) is 32.8 Å². The number of hydrogen-bond acceptors (Lipinski definition) is 4. The Labute approximate surface area is 113 Å². The fourth-order valence-electron chi connectivity index (χ4n) is 1.47. The summed E-state index contributed by atoms with van der Waals surface area (Å²) in [6.07, 6.45) is 0. The molecule has 0 spiro atoms. The number of benzene rings is 1. The van der Waals surface area contributed by atoms with Crippen molar-refractivity contribution in [1.82, 2.24) is 0 Å². The number of anilines is 1. The van der Waals surface area contributed by atoms with Gasteiger partial charge in [-0.2, -0.15) is 0 Å². The molecule has 1 unspecified atom stereocenters. The maximum Gasteiger partial charge on any atom is 0.270 e. The van der Waals surface area contributed by atoms with Crippen LogP contribution < -0.4 is 11.1 Å². The quantitative estimate of drug-likeness (QED) is 0.643. The van der Waals surface area contributed by atoms with Gasteiger partial charge in [-0.05, 0) is 27.9 Å². The SMILES string of the molecule is CC(C)C(Nc1ccc([N+](=O)[O-])cc1Br)C(N)=O. The number of nitrogens with one attached hydrogen (secondary N) is 1. The van der Waals surface area contributed by atoms with E-state index in [4.69, 9.17) is 5.73 Å². The van der Waals surface area contributed by atoms with E-state index in [-0.39, 0.29) is 11.6 Å². The highest BCUT2D eigenvalue weighted by atomic mass is 79.9. The lowest BCUT2D eigenvalue weighted by Crippen LogP contribution is -2.39. The number of hydrogen-bond donors (Lipinski definition) is 2. The van der Waals surface area contributed by atoms with Gasteiger partial charge >= 0.3 is 0 Å². The summed E-state index contributed by atoms with van der Waals surface area (Å²) in [6, 6.07) is 3.76. The molecule has 0 aliphatic rings. The van der Waals surface area contributed by atoms with Gasteiger partial charge in [-0.25, -0.2) is 0 Å². The molecule has 0 aliphatic carbocycles. The van der Waals surface area contributed by atoms with Crippen LogP contribution in [0.3, 0.4) is 0 Å². The van der Waals surface area contributed by atoms with Crippen LogP contribution in [0.1, 0.15) is 13.8 Å². The zero-order chi connectivity index (χ0) is 13.9. The van der Waals surface area contributed by atoms with Crippen LogP contribution >= 0.6 is 15.9 Å². The Bertz CT molecular complexity index is 477. The zero-order valence-electron chi connectivity index (χ0n) is 10.0. The Morgan fingerprint density at radius 2 is 2.11 bits per heavy atom. The van der Waals surface area contributed by atoms with Crippen LogP contribution in [0.5, 0.6) is 0 Å². The number of carbonyl (C=O) groups excluding carboxylic acids is 1. The normalized spacial score (nSPS) is 12.2. The second kappa shape index (κ2) is 5.81. The van der Waals surface area contributed by atoms with Crippen molar-refractivity contribution in [3.8, 4) is 0 Å². The fourth-order valence-corrected chi connectivity index (χ4v) is 1.95. The summed E-state index contributed by atoms with van der Waals surface area (Å²) in [5, 5.41) is 13.6. The standard InChI is InChI=1S/C11H14BrN3O3/c1-6(2)10(11(13)16)14-9-4-3-7(15(17)18)5-8(9)12/h3-6,10,14H,1-2H3,(H2,13,16). The number of primary amides is 1. The first-order valence-corrected chi connectivity index (χ1v) is 6.12. The van der Waals surface area contributed by atoms with E-state index in [0.29, 0.717) is 10.2 Å². The molecule has 1 rings (SSSR count). The Kier molecular flexibility index (Phi) is 4.66. The van der Waals surface area contributed by atoms with Gasteiger partial charge in [-0.1, -0.05) is 13.8 Å².